The molecule has 0 aliphatic heterocycles. The van der Waals surface area contributed by atoms with E-state index in [2.05, 4.69) is 0 Å². The quantitative estimate of drug-likeness (QED) is 0.742. The number of aryl methyl sites for hydroxylation is 1. The van der Waals surface area contributed by atoms with Gasteiger partial charge in [0.25, 0.3) is 0 Å². The van der Waals surface area contributed by atoms with Crippen molar-refractivity contribution in [3.63, 3.8) is 0 Å². The molecule has 1 aromatic heterocycles. The summed E-state index contributed by atoms with van der Waals surface area (Å²) in [6, 6.07) is 3.49. The number of aliphatic hydroxyl groups is 1. The number of hydrogen-bond acceptors (Lipinski definition) is 3. The molecule has 1 N–H and O–H groups in total. The fraction of sp³-hybridized carbons (Fsp3) is 0.364. The van der Waals surface area contributed by atoms with E-state index in [0.717, 1.165) is 12.8 Å². The average molecular weight is 194 g/mol. The molecule has 0 saturated carbocycles. The van der Waals surface area contributed by atoms with Gasteiger partial charge in [0.05, 0.1) is 0 Å². The van der Waals surface area contributed by atoms with Crippen molar-refractivity contribution in [2.24, 2.45) is 0 Å². The Morgan fingerprint density at radius 2 is 2.29 bits per heavy atom. The molecule has 0 radical (unpaired) electrons. The van der Waals surface area contributed by atoms with Crippen molar-refractivity contribution in [1.29, 1.82) is 0 Å². The van der Waals surface area contributed by atoms with Crippen LogP contribution in [-0.2, 0) is 0 Å². The second-order valence-corrected chi connectivity index (χ2v) is 3.08. The Hall–Kier alpha value is -1.35. The molecule has 0 atom stereocenters. The van der Waals surface area contributed by atoms with Crippen LogP contribution in [0.4, 0.5) is 0 Å². The molecule has 0 aliphatic carbocycles. The molecule has 0 aromatic carbocycles. The molecule has 1 aromatic rings. The summed E-state index contributed by atoms with van der Waals surface area (Å²) in [5.74, 6) is 0.554. The normalized spacial score (nSPS) is 11.0. The zero-order chi connectivity index (χ0) is 10.4. The smallest absolute Gasteiger partial charge is 0.339 e. The largest absolute Gasteiger partial charge is 0.423 e. The van der Waals surface area contributed by atoms with Crippen molar-refractivity contribution in [3.8, 4) is 0 Å². The van der Waals surface area contributed by atoms with Gasteiger partial charge in [0.2, 0.25) is 0 Å². The van der Waals surface area contributed by atoms with Gasteiger partial charge in [-0.2, -0.15) is 0 Å². The lowest BCUT2D eigenvalue weighted by atomic mass is 10.2. The monoisotopic (exact) mass is 194 g/mol. The molecule has 1 rings (SSSR count). The van der Waals surface area contributed by atoms with Gasteiger partial charge in [-0.15, -0.1) is 0 Å². The van der Waals surface area contributed by atoms with Gasteiger partial charge >= 0.3 is 5.63 Å². The van der Waals surface area contributed by atoms with E-state index in [9.17, 15) is 4.79 Å². The molecule has 0 fully saturated rings. The van der Waals surface area contributed by atoms with Gasteiger partial charge in [-0.1, -0.05) is 6.08 Å². The van der Waals surface area contributed by atoms with E-state index in [0.29, 0.717) is 11.3 Å². The Balaban J connectivity index is 2.64. The summed E-state index contributed by atoms with van der Waals surface area (Å²) in [5, 5.41) is 8.54. The summed E-state index contributed by atoms with van der Waals surface area (Å²) in [4.78, 5) is 11.1. The van der Waals surface area contributed by atoms with Gasteiger partial charge in [-0.05, 0) is 38.0 Å². The Morgan fingerprint density at radius 3 is 2.93 bits per heavy atom. The van der Waals surface area contributed by atoms with E-state index in [1.54, 1.807) is 25.1 Å². The molecule has 3 nitrogen and oxygen atoms in total. The molecule has 76 valence electrons. The van der Waals surface area contributed by atoms with Gasteiger partial charge in [-0.25, -0.2) is 4.79 Å². The highest BCUT2D eigenvalue weighted by Gasteiger charge is 1.94. The van der Waals surface area contributed by atoms with E-state index in [1.807, 2.05) is 6.08 Å². The molecular weight excluding hydrogens is 180 g/mol. The Kier molecular flexibility index (Phi) is 4.13. The number of allylic oxidation sites excluding steroid dienone is 1. The van der Waals surface area contributed by atoms with Crippen LogP contribution in [0, 0.1) is 6.92 Å². The van der Waals surface area contributed by atoms with Crippen molar-refractivity contribution in [2.75, 3.05) is 6.61 Å². The molecule has 0 aliphatic rings. The standard InChI is InChI=1S/C11H14O3/c1-9-6-7-10(14-11(9)13)5-3-2-4-8-12/h3,5-7,12H,2,4,8H2,1H3. The van der Waals surface area contributed by atoms with Crippen LogP contribution in [0.25, 0.3) is 6.08 Å². The maximum absolute atomic E-state index is 11.1. The molecule has 0 saturated heterocycles. The summed E-state index contributed by atoms with van der Waals surface area (Å²) in [7, 11) is 0. The maximum Gasteiger partial charge on any atom is 0.339 e. The first-order valence-corrected chi connectivity index (χ1v) is 4.62. The predicted molar refractivity (Wildman–Crippen MR) is 55.1 cm³/mol. The molecular formula is C11H14O3. The number of rotatable bonds is 4. The van der Waals surface area contributed by atoms with Crippen LogP contribution < -0.4 is 5.63 Å². The molecule has 3 heteroatoms. The summed E-state index contributed by atoms with van der Waals surface area (Å²) < 4.78 is 4.98. The van der Waals surface area contributed by atoms with Crippen molar-refractivity contribution in [2.45, 2.75) is 19.8 Å². The van der Waals surface area contributed by atoms with Crippen LogP contribution in [-0.4, -0.2) is 11.7 Å². The first-order chi connectivity index (χ1) is 6.74. The Bertz CT molecular complexity index is 363. The van der Waals surface area contributed by atoms with E-state index in [4.69, 9.17) is 9.52 Å². The fourth-order valence-corrected chi connectivity index (χ4v) is 0.995. The zero-order valence-corrected chi connectivity index (χ0v) is 8.19. The summed E-state index contributed by atoms with van der Waals surface area (Å²) in [6.45, 7) is 1.90. The molecule has 0 unspecified atom stereocenters. The van der Waals surface area contributed by atoms with Gasteiger partial charge in [0, 0.05) is 12.2 Å². The zero-order valence-electron chi connectivity index (χ0n) is 8.19. The lowest BCUT2D eigenvalue weighted by Gasteiger charge is -1.93. The van der Waals surface area contributed by atoms with Gasteiger partial charge in [0.1, 0.15) is 5.76 Å². The molecule has 0 amide bonds. The molecule has 0 spiro atoms. The summed E-state index contributed by atoms with van der Waals surface area (Å²) in [5.41, 5.74) is 0.312. The van der Waals surface area contributed by atoms with E-state index < -0.39 is 0 Å². The van der Waals surface area contributed by atoms with Crippen molar-refractivity contribution >= 4 is 6.08 Å². The maximum atomic E-state index is 11.1. The topological polar surface area (TPSA) is 50.4 Å². The van der Waals surface area contributed by atoms with Crippen LogP contribution in [0.2, 0.25) is 0 Å². The highest BCUT2D eigenvalue weighted by molar-refractivity contribution is 5.41. The molecule has 14 heavy (non-hydrogen) atoms. The third kappa shape index (κ3) is 3.18. The third-order valence-electron chi connectivity index (χ3n) is 1.84. The second kappa shape index (κ2) is 5.40. The van der Waals surface area contributed by atoms with Crippen LogP contribution >= 0.6 is 0 Å². The Morgan fingerprint density at radius 1 is 1.50 bits per heavy atom. The third-order valence-corrected chi connectivity index (χ3v) is 1.84. The van der Waals surface area contributed by atoms with Crippen molar-refractivity contribution < 1.29 is 9.52 Å². The van der Waals surface area contributed by atoms with Gasteiger partial charge in [0.15, 0.2) is 0 Å². The fourth-order valence-electron chi connectivity index (χ4n) is 0.995. The van der Waals surface area contributed by atoms with Gasteiger partial charge in [-0.3, -0.25) is 0 Å². The predicted octanol–water partition coefficient (Wildman–Crippen LogP) is 1.73. The number of aliphatic hydroxyl groups excluding tert-OH is 1. The minimum absolute atomic E-state index is 0.183. The Labute approximate surface area is 82.7 Å². The minimum atomic E-state index is -0.297. The molecule has 1 heterocycles. The van der Waals surface area contributed by atoms with Crippen molar-refractivity contribution in [1.82, 2.24) is 0 Å². The van der Waals surface area contributed by atoms with E-state index >= 15 is 0 Å². The highest BCUT2D eigenvalue weighted by atomic mass is 16.4. The highest BCUT2D eigenvalue weighted by Crippen LogP contribution is 2.02. The van der Waals surface area contributed by atoms with E-state index in [-0.39, 0.29) is 12.2 Å². The SMILES string of the molecule is Cc1ccc(C=CCCCO)oc1=O. The van der Waals surface area contributed by atoms with Crippen molar-refractivity contribution in [3.05, 3.63) is 40.0 Å². The average Bonchev–Trinajstić information content (AvgIpc) is 2.18. The van der Waals surface area contributed by atoms with E-state index in [1.165, 1.54) is 0 Å². The molecule has 0 bridgehead atoms. The summed E-state index contributed by atoms with van der Waals surface area (Å²) in [6.07, 6.45) is 5.14. The minimum Gasteiger partial charge on any atom is -0.423 e. The second-order valence-electron chi connectivity index (χ2n) is 3.08. The first-order valence-electron chi connectivity index (χ1n) is 4.62. The van der Waals surface area contributed by atoms with Crippen LogP contribution in [0.15, 0.2) is 27.4 Å². The van der Waals surface area contributed by atoms with Crippen LogP contribution in [0.3, 0.4) is 0 Å². The van der Waals surface area contributed by atoms with Crippen LogP contribution in [0.5, 0.6) is 0 Å². The lowest BCUT2D eigenvalue weighted by Crippen LogP contribution is -2.02. The lowest BCUT2D eigenvalue weighted by molar-refractivity contribution is 0.289. The van der Waals surface area contributed by atoms with Gasteiger partial charge < -0.3 is 9.52 Å². The number of hydrogen-bond donors (Lipinski definition) is 1. The van der Waals surface area contributed by atoms with Crippen LogP contribution in [0.1, 0.15) is 24.2 Å². The number of unbranched alkanes of at least 4 members (excludes halogenated alkanes) is 1. The first kappa shape index (κ1) is 10.7. The summed E-state index contributed by atoms with van der Waals surface area (Å²) >= 11 is 0.